The summed E-state index contributed by atoms with van der Waals surface area (Å²) in [5.74, 6) is -2.19. The molecule has 2 N–H and O–H groups in total. The number of hydrogen-bond donors (Lipinski definition) is 2. The van der Waals surface area contributed by atoms with Crippen LogP contribution in [0.1, 0.15) is 20.7 Å². The molecule has 1 heterocycles. The Kier molecular flexibility index (Phi) is 4.97. The lowest BCUT2D eigenvalue weighted by atomic mass is 10.2. The molecule has 0 fully saturated rings. The van der Waals surface area contributed by atoms with Crippen molar-refractivity contribution in [1.82, 2.24) is 10.9 Å². The highest BCUT2D eigenvalue weighted by molar-refractivity contribution is 5.96. The number of halogens is 1. The molecule has 0 radical (unpaired) electrons. The maximum Gasteiger partial charge on any atom is 0.338 e. The number of esters is 1. The predicted octanol–water partition coefficient (Wildman–Crippen LogP) is 1.17. The number of rotatable bonds is 4. The van der Waals surface area contributed by atoms with E-state index in [1.807, 2.05) is 10.9 Å². The number of benzene rings is 2. The average molecular weight is 360 g/mol. The summed E-state index contributed by atoms with van der Waals surface area (Å²) >= 11 is 0. The van der Waals surface area contributed by atoms with Gasteiger partial charge in [-0.05, 0) is 30.3 Å². The summed E-state index contributed by atoms with van der Waals surface area (Å²) < 4.78 is 28.5. The minimum absolute atomic E-state index is 0.0674. The van der Waals surface area contributed by atoms with Crippen LogP contribution in [0.2, 0.25) is 0 Å². The van der Waals surface area contributed by atoms with E-state index in [1.54, 1.807) is 6.07 Å². The molecule has 3 rings (SSSR count). The van der Waals surface area contributed by atoms with Gasteiger partial charge in [0.1, 0.15) is 5.82 Å². The fourth-order valence-corrected chi connectivity index (χ4v) is 2.11. The number of hydrazine groups is 1. The minimum atomic E-state index is -0.835. The summed E-state index contributed by atoms with van der Waals surface area (Å²) in [5.41, 5.74) is 4.01. The number of nitrogens with one attached hydrogen (secondary N) is 2. The number of ether oxygens (including phenoxy) is 3. The van der Waals surface area contributed by atoms with Crippen LogP contribution in [-0.2, 0) is 9.53 Å². The van der Waals surface area contributed by atoms with E-state index in [0.29, 0.717) is 11.5 Å². The monoisotopic (exact) mass is 360 g/mol. The molecule has 2 aromatic carbocycles. The van der Waals surface area contributed by atoms with E-state index in [1.165, 1.54) is 30.3 Å². The zero-order chi connectivity index (χ0) is 18.5. The molecular weight excluding hydrogens is 347 g/mol. The summed E-state index contributed by atoms with van der Waals surface area (Å²) in [6.07, 6.45) is 0. The van der Waals surface area contributed by atoms with Gasteiger partial charge < -0.3 is 14.2 Å². The average Bonchev–Trinajstić information content (AvgIpc) is 3.12. The molecule has 134 valence electrons. The van der Waals surface area contributed by atoms with Crippen LogP contribution in [0.25, 0.3) is 0 Å². The highest BCUT2D eigenvalue weighted by Gasteiger charge is 2.18. The van der Waals surface area contributed by atoms with E-state index in [4.69, 9.17) is 14.2 Å². The van der Waals surface area contributed by atoms with Crippen LogP contribution < -0.4 is 20.3 Å². The molecule has 26 heavy (non-hydrogen) atoms. The van der Waals surface area contributed by atoms with Crippen LogP contribution in [-0.4, -0.2) is 31.2 Å². The highest BCUT2D eigenvalue weighted by Crippen LogP contribution is 2.32. The Hall–Kier alpha value is -3.62. The summed E-state index contributed by atoms with van der Waals surface area (Å²) in [6, 6.07) is 9.73. The third kappa shape index (κ3) is 3.89. The maximum atomic E-state index is 13.4. The standard InChI is InChI=1S/C17H13FN2O6/c18-12-4-2-1-3-11(12)16(22)20-19-15(21)8-24-17(23)10-5-6-13-14(7-10)26-9-25-13/h1-7H,8-9H2,(H,19,21)(H,20,22). The molecule has 0 bridgehead atoms. The first-order chi connectivity index (χ1) is 12.5. The van der Waals surface area contributed by atoms with Gasteiger partial charge in [0.2, 0.25) is 6.79 Å². The molecule has 0 aliphatic carbocycles. The third-order valence-electron chi connectivity index (χ3n) is 3.38. The molecule has 8 nitrogen and oxygen atoms in total. The summed E-state index contributed by atoms with van der Waals surface area (Å²) in [4.78, 5) is 35.3. The first-order valence-corrected chi connectivity index (χ1v) is 7.45. The van der Waals surface area contributed by atoms with Gasteiger partial charge in [-0.25, -0.2) is 9.18 Å². The minimum Gasteiger partial charge on any atom is -0.454 e. The van der Waals surface area contributed by atoms with Gasteiger partial charge >= 0.3 is 5.97 Å². The molecule has 0 saturated heterocycles. The lowest BCUT2D eigenvalue weighted by Crippen LogP contribution is -2.43. The summed E-state index contributed by atoms with van der Waals surface area (Å²) in [7, 11) is 0. The molecule has 1 aliphatic heterocycles. The number of carbonyl (C=O) groups excluding carboxylic acids is 3. The van der Waals surface area contributed by atoms with Crippen molar-refractivity contribution in [1.29, 1.82) is 0 Å². The first-order valence-electron chi connectivity index (χ1n) is 7.45. The molecule has 0 saturated carbocycles. The summed E-state index contributed by atoms with van der Waals surface area (Å²) in [5, 5.41) is 0. The van der Waals surface area contributed by atoms with Crippen LogP contribution in [0.4, 0.5) is 4.39 Å². The predicted molar refractivity (Wildman–Crippen MR) is 84.9 cm³/mol. The lowest BCUT2D eigenvalue weighted by molar-refractivity contribution is -0.125. The zero-order valence-corrected chi connectivity index (χ0v) is 13.3. The van der Waals surface area contributed by atoms with E-state index in [9.17, 15) is 18.8 Å². The molecule has 9 heteroatoms. The second-order valence-corrected chi connectivity index (χ2v) is 5.13. The van der Waals surface area contributed by atoms with Crippen molar-refractivity contribution in [2.75, 3.05) is 13.4 Å². The number of fused-ring (bicyclic) bond motifs is 1. The van der Waals surface area contributed by atoms with Crippen LogP contribution in [0.15, 0.2) is 42.5 Å². The van der Waals surface area contributed by atoms with Gasteiger partial charge in [0, 0.05) is 0 Å². The number of amides is 2. The zero-order valence-electron chi connectivity index (χ0n) is 13.3. The molecule has 0 spiro atoms. The van der Waals surface area contributed by atoms with E-state index in [-0.39, 0.29) is 17.9 Å². The van der Waals surface area contributed by atoms with Crippen molar-refractivity contribution in [3.63, 3.8) is 0 Å². The van der Waals surface area contributed by atoms with E-state index >= 15 is 0 Å². The van der Waals surface area contributed by atoms with Crippen LogP contribution in [0.5, 0.6) is 11.5 Å². The Morgan fingerprint density at radius 2 is 1.81 bits per heavy atom. The largest absolute Gasteiger partial charge is 0.454 e. The van der Waals surface area contributed by atoms with Crippen molar-refractivity contribution in [2.24, 2.45) is 0 Å². The van der Waals surface area contributed by atoms with Crippen molar-refractivity contribution in [3.05, 3.63) is 59.4 Å². The van der Waals surface area contributed by atoms with Crippen LogP contribution >= 0.6 is 0 Å². The molecule has 0 atom stereocenters. The molecule has 0 aromatic heterocycles. The van der Waals surface area contributed by atoms with Gasteiger partial charge in [0.15, 0.2) is 18.1 Å². The summed E-state index contributed by atoms with van der Waals surface area (Å²) in [6.45, 7) is -0.567. The van der Waals surface area contributed by atoms with Gasteiger partial charge in [-0.3, -0.25) is 20.4 Å². The Labute approximate surface area is 146 Å². The van der Waals surface area contributed by atoms with Crippen LogP contribution in [0, 0.1) is 5.82 Å². The molecule has 2 amide bonds. The van der Waals surface area contributed by atoms with Gasteiger partial charge in [0.05, 0.1) is 11.1 Å². The van der Waals surface area contributed by atoms with Gasteiger partial charge in [-0.1, -0.05) is 12.1 Å². The second-order valence-electron chi connectivity index (χ2n) is 5.13. The lowest BCUT2D eigenvalue weighted by Gasteiger charge is -2.09. The van der Waals surface area contributed by atoms with Crippen LogP contribution in [0.3, 0.4) is 0 Å². The smallest absolute Gasteiger partial charge is 0.338 e. The Morgan fingerprint density at radius 1 is 1.04 bits per heavy atom. The molecular formula is C17H13FN2O6. The van der Waals surface area contributed by atoms with Gasteiger partial charge in [-0.2, -0.15) is 0 Å². The fraction of sp³-hybridized carbons (Fsp3) is 0.118. The van der Waals surface area contributed by atoms with Gasteiger partial charge in [-0.15, -0.1) is 0 Å². The van der Waals surface area contributed by atoms with Crippen molar-refractivity contribution >= 4 is 17.8 Å². The molecule has 2 aromatic rings. The Morgan fingerprint density at radius 3 is 2.62 bits per heavy atom. The highest BCUT2D eigenvalue weighted by atomic mass is 19.1. The van der Waals surface area contributed by atoms with Crippen molar-refractivity contribution in [2.45, 2.75) is 0 Å². The van der Waals surface area contributed by atoms with E-state index in [0.717, 1.165) is 6.07 Å². The quantitative estimate of drug-likeness (QED) is 0.627. The Bertz CT molecular complexity index is 870. The molecule has 1 aliphatic rings. The second kappa shape index (κ2) is 7.51. The normalized spacial score (nSPS) is 11.6. The van der Waals surface area contributed by atoms with Crippen molar-refractivity contribution < 1.29 is 33.0 Å². The van der Waals surface area contributed by atoms with Gasteiger partial charge in [0.25, 0.3) is 11.8 Å². The maximum absolute atomic E-state index is 13.4. The fourth-order valence-electron chi connectivity index (χ4n) is 2.11. The van der Waals surface area contributed by atoms with E-state index < -0.39 is 30.2 Å². The topological polar surface area (TPSA) is 103 Å². The van der Waals surface area contributed by atoms with Crippen molar-refractivity contribution in [3.8, 4) is 11.5 Å². The number of hydrogen-bond acceptors (Lipinski definition) is 6. The van der Waals surface area contributed by atoms with E-state index in [2.05, 4.69) is 0 Å². The Balaban J connectivity index is 1.47. The third-order valence-corrected chi connectivity index (χ3v) is 3.38. The first kappa shape index (κ1) is 17.2. The number of carbonyl (C=O) groups is 3. The SMILES string of the molecule is O=C(COC(=O)c1ccc2c(c1)OCO2)NNC(=O)c1ccccc1F. The molecule has 0 unspecified atom stereocenters.